The Bertz CT molecular complexity index is 758. The summed E-state index contributed by atoms with van der Waals surface area (Å²) in [6.45, 7) is 10.5. The second-order valence-corrected chi connectivity index (χ2v) is 6.31. The molecule has 2 heterocycles. The number of rotatable bonds is 8. The van der Waals surface area contributed by atoms with Crippen LogP contribution in [0.25, 0.3) is 11.3 Å². The summed E-state index contributed by atoms with van der Waals surface area (Å²) >= 11 is 0. The number of aryl methyl sites for hydroxylation is 3. The largest absolute Gasteiger partial charge is 0.481 e. The summed E-state index contributed by atoms with van der Waals surface area (Å²) in [4.78, 5) is 14.0. The van der Waals surface area contributed by atoms with Gasteiger partial charge in [-0.15, -0.1) is 0 Å². The third-order valence-corrected chi connectivity index (χ3v) is 4.57. The maximum absolute atomic E-state index is 6.03. The molecule has 0 saturated carbocycles. The van der Waals surface area contributed by atoms with Crippen molar-refractivity contribution in [3.8, 4) is 23.0 Å². The van der Waals surface area contributed by atoms with Crippen molar-refractivity contribution in [3.05, 3.63) is 28.7 Å². The van der Waals surface area contributed by atoms with Crippen molar-refractivity contribution < 1.29 is 9.47 Å². The fraction of sp³-hybridized carbons (Fsp3) is 0.550. The van der Waals surface area contributed by atoms with Gasteiger partial charge in [0.1, 0.15) is 5.69 Å². The van der Waals surface area contributed by atoms with Crippen molar-refractivity contribution in [1.29, 1.82) is 0 Å². The average molecular weight is 358 g/mol. The van der Waals surface area contributed by atoms with Crippen LogP contribution in [-0.4, -0.2) is 28.2 Å². The number of hydrogen-bond acceptors (Lipinski definition) is 6. The molecule has 2 aromatic heterocycles. The molecule has 0 aliphatic heterocycles. The highest BCUT2D eigenvalue weighted by molar-refractivity contribution is 5.66. The Morgan fingerprint density at radius 1 is 1.00 bits per heavy atom. The lowest BCUT2D eigenvalue weighted by Gasteiger charge is -2.19. The molecule has 0 spiro atoms. The molecule has 0 fully saturated rings. The molecule has 0 amide bonds. The molecule has 2 rings (SSSR count). The third kappa shape index (κ3) is 4.12. The smallest absolute Gasteiger partial charge is 0.237 e. The minimum atomic E-state index is 0.121. The Morgan fingerprint density at radius 3 is 2.19 bits per heavy atom. The minimum absolute atomic E-state index is 0.121. The van der Waals surface area contributed by atoms with Crippen molar-refractivity contribution >= 4 is 0 Å². The molecule has 0 aliphatic rings. The molecular weight excluding hydrogens is 328 g/mol. The zero-order valence-corrected chi connectivity index (χ0v) is 16.7. The fourth-order valence-electron chi connectivity index (χ4n) is 2.92. The van der Waals surface area contributed by atoms with Crippen molar-refractivity contribution in [2.24, 2.45) is 5.73 Å². The van der Waals surface area contributed by atoms with Crippen LogP contribution in [0, 0.1) is 13.8 Å². The van der Waals surface area contributed by atoms with Gasteiger partial charge in [0.2, 0.25) is 11.8 Å². The number of nitrogens with two attached hydrogens (primary N) is 1. The Balaban J connectivity index is 2.54. The Hall–Kier alpha value is -2.21. The summed E-state index contributed by atoms with van der Waals surface area (Å²) in [6.07, 6.45) is 2.79. The fourth-order valence-corrected chi connectivity index (χ4v) is 2.92. The van der Waals surface area contributed by atoms with Crippen LogP contribution >= 0.6 is 0 Å². The van der Waals surface area contributed by atoms with E-state index in [1.807, 2.05) is 13.8 Å². The molecular formula is C20H30N4O2. The molecule has 2 N–H and O–H groups in total. The second kappa shape index (κ2) is 8.94. The molecule has 0 unspecified atom stereocenters. The highest BCUT2D eigenvalue weighted by Crippen LogP contribution is 2.30. The van der Waals surface area contributed by atoms with Crippen LogP contribution in [0.4, 0.5) is 0 Å². The van der Waals surface area contributed by atoms with E-state index >= 15 is 0 Å². The average Bonchev–Trinajstić information content (AvgIpc) is 2.66. The lowest BCUT2D eigenvalue weighted by molar-refractivity contribution is 0.181. The summed E-state index contributed by atoms with van der Waals surface area (Å²) in [5.74, 6) is 1.20. The van der Waals surface area contributed by atoms with Gasteiger partial charge in [-0.3, -0.25) is 0 Å². The van der Waals surface area contributed by atoms with Crippen molar-refractivity contribution in [2.45, 2.75) is 66.5 Å². The molecule has 0 atom stereocenters. The van der Waals surface area contributed by atoms with Gasteiger partial charge >= 0.3 is 0 Å². The van der Waals surface area contributed by atoms with Crippen molar-refractivity contribution in [3.63, 3.8) is 0 Å². The lowest BCUT2D eigenvalue weighted by Crippen LogP contribution is -2.18. The number of pyridine rings is 1. The van der Waals surface area contributed by atoms with Crippen LogP contribution in [0.5, 0.6) is 11.8 Å². The van der Waals surface area contributed by atoms with Crippen LogP contribution in [0.2, 0.25) is 0 Å². The van der Waals surface area contributed by atoms with Gasteiger partial charge in [-0.2, -0.15) is 0 Å². The number of aromatic nitrogens is 3. The van der Waals surface area contributed by atoms with Crippen LogP contribution in [0.15, 0.2) is 6.07 Å². The molecule has 0 saturated heterocycles. The second-order valence-electron chi connectivity index (χ2n) is 6.31. The van der Waals surface area contributed by atoms with Gasteiger partial charge in [0, 0.05) is 17.7 Å². The maximum atomic E-state index is 6.03. The first-order valence-electron chi connectivity index (χ1n) is 9.27. The van der Waals surface area contributed by atoms with Gasteiger partial charge in [0.05, 0.1) is 30.3 Å². The van der Waals surface area contributed by atoms with E-state index in [2.05, 4.69) is 36.8 Å². The first-order valence-corrected chi connectivity index (χ1v) is 9.27. The molecule has 6 nitrogen and oxygen atoms in total. The highest BCUT2D eigenvalue weighted by atomic mass is 16.5. The van der Waals surface area contributed by atoms with E-state index in [0.29, 0.717) is 17.5 Å². The van der Waals surface area contributed by atoms with E-state index in [1.54, 1.807) is 7.11 Å². The summed E-state index contributed by atoms with van der Waals surface area (Å²) in [5, 5.41) is 0. The SMILES string of the molecule is CCc1cc(-c2nc(CN)c(OC(CC)CC)nc2C)c(C)nc1OC. The molecule has 0 aliphatic carbocycles. The predicted molar refractivity (Wildman–Crippen MR) is 104 cm³/mol. The molecule has 142 valence electrons. The quantitative estimate of drug-likeness (QED) is 0.774. The Labute approximate surface area is 156 Å². The van der Waals surface area contributed by atoms with E-state index in [4.69, 9.17) is 20.2 Å². The molecule has 0 bridgehead atoms. The lowest BCUT2D eigenvalue weighted by atomic mass is 10.0. The van der Waals surface area contributed by atoms with Crippen LogP contribution < -0.4 is 15.2 Å². The highest BCUT2D eigenvalue weighted by Gasteiger charge is 2.19. The van der Waals surface area contributed by atoms with Gasteiger partial charge in [-0.05, 0) is 39.2 Å². The summed E-state index contributed by atoms with van der Waals surface area (Å²) < 4.78 is 11.4. The number of nitrogens with zero attached hydrogens (tertiary/aromatic N) is 3. The zero-order valence-electron chi connectivity index (χ0n) is 16.7. The first-order chi connectivity index (χ1) is 12.5. The monoisotopic (exact) mass is 358 g/mol. The zero-order chi connectivity index (χ0) is 19.3. The van der Waals surface area contributed by atoms with Crippen LogP contribution in [0.1, 0.15) is 56.3 Å². The van der Waals surface area contributed by atoms with E-state index in [1.165, 1.54) is 0 Å². The molecule has 0 aromatic carbocycles. The molecule has 26 heavy (non-hydrogen) atoms. The number of hydrogen-bond donors (Lipinski definition) is 1. The standard InChI is InChI=1S/C20H30N4O2/c1-7-14-10-16(12(4)22-19(14)25-6)18-13(5)23-20(17(11-21)24-18)26-15(8-2)9-3/h10,15H,7-9,11,21H2,1-6H3. The predicted octanol–water partition coefficient (Wildman–Crippen LogP) is 3.75. The van der Waals surface area contributed by atoms with Gasteiger partial charge in [-0.25, -0.2) is 15.0 Å². The molecule has 6 heteroatoms. The summed E-state index contributed by atoms with van der Waals surface area (Å²) in [7, 11) is 1.64. The van der Waals surface area contributed by atoms with Crippen molar-refractivity contribution in [1.82, 2.24) is 15.0 Å². The van der Waals surface area contributed by atoms with Crippen LogP contribution in [0.3, 0.4) is 0 Å². The summed E-state index contributed by atoms with van der Waals surface area (Å²) in [6, 6.07) is 2.08. The van der Waals surface area contributed by atoms with E-state index in [9.17, 15) is 0 Å². The van der Waals surface area contributed by atoms with Gasteiger partial charge in [-0.1, -0.05) is 20.8 Å². The van der Waals surface area contributed by atoms with Gasteiger partial charge in [0.25, 0.3) is 0 Å². The summed E-state index contributed by atoms with van der Waals surface area (Å²) in [5.41, 5.74) is 11.1. The number of ether oxygens (including phenoxy) is 2. The van der Waals surface area contributed by atoms with E-state index in [0.717, 1.165) is 47.5 Å². The Morgan fingerprint density at radius 2 is 1.65 bits per heavy atom. The first kappa shape index (κ1) is 20.1. The Kier molecular flexibility index (Phi) is 6.91. The van der Waals surface area contributed by atoms with Gasteiger partial charge < -0.3 is 15.2 Å². The molecule has 2 aromatic rings. The van der Waals surface area contributed by atoms with Gasteiger partial charge in [0.15, 0.2) is 0 Å². The van der Waals surface area contributed by atoms with Crippen molar-refractivity contribution in [2.75, 3.05) is 7.11 Å². The maximum Gasteiger partial charge on any atom is 0.237 e. The number of methoxy groups -OCH3 is 1. The third-order valence-electron chi connectivity index (χ3n) is 4.57. The van der Waals surface area contributed by atoms with E-state index in [-0.39, 0.29) is 12.6 Å². The van der Waals surface area contributed by atoms with E-state index < -0.39 is 0 Å². The van der Waals surface area contributed by atoms with Crippen LogP contribution in [-0.2, 0) is 13.0 Å². The normalized spacial score (nSPS) is 11.1. The minimum Gasteiger partial charge on any atom is -0.481 e. The molecule has 0 radical (unpaired) electrons. The topological polar surface area (TPSA) is 83.2 Å².